The fourth-order valence-electron chi connectivity index (χ4n) is 2.10. The van der Waals surface area contributed by atoms with Crippen LogP contribution in [-0.2, 0) is 5.51 Å². The fourth-order valence-corrected chi connectivity index (χ4v) is 4.06. The average molecular weight is 268 g/mol. The number of benzene rings is 2. The summed E-state index contributed by atoms with van der Waals surface area (Å²) in [5.41, 5.74) is -4.21. The lowest BCUT2D eigenvalue weighted by atomic mass is 10.2. The predicted octanol–water partition coefficient (Wildman–Crippen LogP) is 5.67. The fraction of sp³-hybridized carbons (Fsp3) is 0.0714. The van der Waals surface area contributed by atoms with Gasteiger partial charge in [-0.15, -0.1) is 13.2 Å². The molecular formula is C14H11F3S. The zero-order valence-corrected chi connectivity index (χ0v) is 10.5. The summed E-state index contributed by atoms with van der Waals surface area (Å²) >= 11 is 0. The van der Waals surface area contributed by atoms with Crippen LogP contribution < -0.4 is 0 Å². The number of alkyl halides is 3. The molecule has 0 N–H and O–H groups in total. The van der Waals surface area contributed by atoms with Crippen molar-refractivity contribution in [1.82, 2.24) is 0 Å². The zero-order valence-electron chi connectivity index (χ0n) is 9.66. The van der Waals surface area contributed by atoms with E-state index in [1.165, 1.54) is 0 Å². The molecule has 0 nitrogen and oxygen atoms in total. The van der Waals surface area contributed by atoms with Gasteiger partial charge in [0.2, 0.25) is 0 Å². The first-order chi connectivity index (χ1) is 8.09. The lowest BCUT2D eigenvalue weighted by Crippen LogP contribution is -1.94. The van der Waals surface area contributed by atoms with E-state index < -0.39 is 16.0 Å². The van der Waals surface area contributed by atoms with E-state index in [0.717, 1.165) is 0 Å². The van der Waals surface area contributed by atoms with E-state index in [0.29, 0.717) is 20.2 Å². The summed E-state index contributed by atoms with van der Waals surface area (Å²) in [5.74, 6) is 0. The highest BCUT2D eigenvalue weighted by molar-refractivity contribution is 7.43. The first-order valence-corrected chi connectivity index (χ1v) is 6.31. The van der Waals surface area contributed by atoms with E-state index in [1.54, 1.807) is 48.5 Å². The maximum atomic E-state index is 13.1. The van der Waals surface area contributed by atoms with Crippen LogP contribution in [0.2, 0.25) is 0 Å². The number of hydrogen-bond acceptors (Lipinski definition) is 0. The Labute approximate surface area is 106 Å². The van der Waals surface area contributed by atoms with Crippen molar-refractivity contribution >= 4 is 30.6 Å². The lowest BCUT2D eigenvalue weighted by molar-refractivity contribution is -0.0862. The number of hydrogen-bond donors (Lipinski definition) is 0. The Morgan fingerprint density at radius 2 is 1.11 bits per heavy atom. The molecule has 3 aromatic rings. The van der Waals surface area contributed by atoms with Crippen LogP contribution in [0.3, 0.4) is 0 Å². The predicted molar refractivity (Wildman–Crippen MR) is 71.6 cm³/mol. The quantitative estimate of drug-likeness (QED) is 0.364. The molecular weight excluding hydrogens is 257 g/mol. The Hall–Kier alpha value is -1.55. The zero-order chi connectivity index (χ0) is 12.0. The highest BCUT2D eigenvalue weighted by Crippen LogP contribution is 2.53. The first-order valence-electron chi connectivity index (χ1n) is 5.08. The van der Waals surface area contributed by atoms with Crippen molar-refractivity contribution in [2.75, 3.05) is 0 Å². The molecule has 4 heteroatoms. The number of rotatable bonds is 0. The maximum Gasteiger partial charge on any atom is 0.601 e. The van der Waals surface area contributed by atoms with Gasteiger partial charge in [0.1, 0.15) is 10.5 Å². The van der Waals surface area contributed by atoms with Gasteiger partial charge in [-0.25, -0.2) is 0 Å². The topological polar surface area (TPSA) is 0 Å². The molecule has 3 rings (SSSR count). The van der Waals surface area contributed by atoms with Gasteiger partial charge >= 0.3 is 5.51 Å². The molecule has 0 unspecified atom stereocenters. The second kappa shape index (κ2) is 4.28. The van der Waals surface area contributed by atoms with Gasteiger partial charge in [0.15, 0.2) is 9.40 Å². The van der Waals surface area contributed by atoms with E-state index in [2.05, 4.69) is 0 Å². The van der Waals surface area contributed by atoms with Crippen molar-refractivity contribution in [2.45, 2.75) is 5.51 Å². The minimum atomic E-state index is -4.21. The van der Waals surface area contributed by atoms with Gasteiger partial charge in [0.05, 0.1) is 0 Å². The minimum absolute atomic E-state index is 0. The second-order valence-corrected chi connectivity index (χ2v) is 5.70. The van der Waals surface area contributed by atoms with Gasteiger partial charge in [0, 0.05) is 10.8 Å². The molecule has 0 aliphatic heterocycles. The van der Waals surface area contributed by atoms with Gasteiger partial charge in [-0.3, -0.25) is 0 Å². The molecule has 94 valence electrons. The minimum Gasteiger partial charge on any atom is -0.358 e. The van der Waals surface area contributed by atoms with Gasteiger partial charge < -0.3 is 7.43 Å². The van der Waals surface area contributed by atoms with E-state index in [-0.39, 0.29) is 7.43 Å². The first kappa shape index (κ1) is 12.9. The van der Waals surface area contributed by atoms with Crippen LogP contribution in [0.4, 0.5) is 13.2 Å². The third kappa shape index (κ3) is 1.77. The summed E-state index contributed by atoms with van der Waals surface area (Å²) in [6.45, 7) is 0. The molecule has 0 aliphatic rings. The van der Waals surface area contributed by atoms with Crippen LogP contribution in [0.25, 0.3) is 20.2 Å². The van der Waals surface area contributed by atoms with Crippen LogP contribution in [-0.4, -0.2) is 0 Å². The molecule has 0 amide bonds. The molecule has 0 saturated carbocycles. The van der Waals surface area contributed by atoms with Crippen LogP contribution in [0.5, 0.6) is 0 Å². The summed E-state index contributed by atoms with van der Waals surface area (Å²) in [6.07, 6.45) is 0. The molecule has 2 aromatic carbocycles. The van der Waals surface area contributed by atoms with Crippen molar-refractivity contribution in [3.8, 4) is 0 Å². The summed E-state index contributed by atoms with van der Waals surface area (Å²) in [4.78, 5) is 0. The molecule has 0 radical (unpaired) electrons. The van der Waals surface area contributed by atoms with E-state index in [9.17, 15) is 13.2 Å². The Bertz CT molecular complexity index is 642. The van der Waals surface area contributed by atoms with Crippen LogP contribution in [0.15, 0.2) is 48.5 Å². The van der Waals surface area contributed by atoms with Crippen molar-refractivity contribution in [3.05, 3.63) is 56.0 Å². The summed E-state index contributed by atoms with van der Waals surface area (Å²) < 4.78 is 40.2. The molecule has 0 bridgehead atoms. The molecule has 0 saturated heterocycles. The molecule has 0 aliphatic carbocycles. The van der Waals surface area contributed by atoms with Crippen molar-refractivity contribution in [1.29, 1.82) is 0 Å². The average Bonchev–Trinajstić information content (AvgIpc) is 2.63. The molecule has 0 fully saturated rings. The van der Waals surface area contributed by atoms with E-state index in [1.807, 2.05) is 0 Å². The number of thiophene rings is 1. The third-order valence-electron chi connectivity index (χ3n) is 2.74. The maximum absolute atomic E-state index is 13.1. The Morgan fingerprint density at radius 3 is 1.50 bits per heavy atom. The summed E-state index contributed by atoms with van der Waals surface area (Å²) in [6, 6.07) is 13.5. The van der Waals surface area contributed by atoms with Crippen molar-refractivity contribution in [2.24, 2.45) is 0 Å². The molecule has 0 spiro atoms. The third-order valence-corrected chi connectivity index (χ3v) is 4.79. The SMILES string of the molecule is FC(F)(F)[s+]1c2ccccc2c2ccccc21.[CH3-]. The number of fused-ring (bicyclic) bond motifs is 3. The van der Waals surface area contributed by atoms with E-state index in [4.69, 9.17) is 0 Å². The highest BCUT2D eigenvalue weighted by atomic mass is 32.2. The second-order valence-electron chi connectivity index (χ2n) is 3.74. The Morgan fingerprint density at radius 1 is 0.722 bits per heavy atom. The van der Waals surface area contributed by atoms with Crippen molar-refractivity contribution < 1.29 is 13.2 Å². The summed E-state index contributed by atoms with van der Waals surface area (Å²) in [7, 11) is -1.79. The standard InChI is InChI=1S/C13H8F3S.CH3/c14-13(15,16)17-11-7-3-1-5-9(11)10-6-2-4-8-12(10)17;/h1-8H;1H3/q+1;-1. The number of halogens is 3. The molecule has 18 heavy (non-hydrogen) atoms. The van der Waals surface area contributed by atoms with Gasteiger partial charge in [-0.2, -0.15) is 0 Å². The van der Waals surface area contributed by atoms with Crippen LogP contribution in [0, 0.1) is 7.43 Å². The van der Waals surface area contributed by atoms with Gasteiger partial charge in [0.25, 0.3) is 0 Å². The molecule has 0 atom stereocenters. The highest BCUT2D eigenvalue weighted by Gasteiger charge is 2.47. The normalized spacial score (nSPS) is 11.7. The Balaban J connectivity index is 0.00000120. The Kier molecular flexibility index (Phi) is 3.07. The molecule has 1 heterocycles. The largest absolute Gasteiger partial charge is 0.601 e. The van der Waals surface area contributed by atoms with E-state index >= 15 is 0 Å². The smallest absolute Gasteiger partial charge is 0.358 e. The van der Waals surface area contributed by atoms with Crippen LogP contribution >= 0.6 is 10.5 Å². The monoisotopic (exact) mass is 268 g/mol. The van der Waals surface area contributed by atoms with Crippen LogP contribution in [0.1, 0.15) is 0 Å². The van der Waals surface area contributed by atoms with Gasteiger partial charge in [-0.05, 0) is 24.3 Å². The molecule has 1 aromatic heterocycles. The van der Waals surface area contributed by atoms with Gasteiger partial charge in [-0.1, -0.05) is 24.3 Å². The lowest BCUT2D eigenvalue weighted by Gasteiger charge is -1.95. The summed E-state index contributed by atoms with van der Waals surface area (Å²) in [5, 5.41) is 1.42. The van der Waals surface area contributed by atoms with Crippen molar-refractivity contribution in [3.63, 3.8) is 0 Å².